The Balaban J connectivity index is 1.28. The average Bonchev–Trinajstić information content (AvgIpc) is 3.62. The minimum atomic E-state index is -0.249. The number of nitrogens with zero attached hydrogens (tertiary/aromatic N) is 4. The molecule has 1 saturated heterocycles. The van der Waals surface area contributed by atoms with Gasteiger partial charge in [0.2, 0.25) is 0 Å². The maximum atomic E-state index is 12.5. The third kappa shape index (κ3) is 5.77. The monoisotopic (exact) mass is 580 g/mol. The molecule has 41 heavy (non-hydrogen) atoms. The first kappa shape index (κ1) is 26.5. The van der Waals surface area contributed by atoms with E-state index in [1.165, 1.54) is 0 Å². The lowest BCUT2D eigenvalue weighted by Gasteiger charge is -2.29. The van der Waals surface area contributed by atoms with Crippen LogP contribution < -0.4 is 20.3 Å². The lowest BCUT2D eigenvalue weighted by molar-refractivity contribution is -0.118. The SMILES string of the molecule is O=C(COc1ccccc1)Nc1ccc(N2C(=S)N[C@H](c3ccccn3)[C@@H]2c2cccn2-c2ccc(Cl)cn2)cc1. The van der Waals surface area contributed by atoms with E-state index < -0.39 is 0 Å². The Hall–Kier alpha value is -4.73. The van der Waals surface area contributed by atoms with Crippen LogP contribution in [0, 0.1) is 0 Å². The number of carbonyl (C=O) groups is 1. The van der Waals surface area contributed by atoms with Gasteiger partial charge in [0, 0.05) is 35.7 Å². The van der Waals surface area contributed by atoms with Gasteiger partial charge in [-0.3, -0.25) is 9.78 Å². The van der Waals surface area contributed by atoms with Crippen LogP contribution in [-0.2, 0) is 4.79 Å². The van der Waals surface area contributed by atoms with Crippen LogP contribution in [0.3, 0.4) is 0 Å². The van der Waals surface area contributed by atoms with Crippen molar-refractivity contribution in [3.05, 3.63) is 132 Å². The first-order valence-electron chi connectivity index (χ1n) is 12.9. The summed E-state index contributed by atoms with van der Waals surface area (Å²) in [6.45, 7) is -0.0878. The van der Waals surface area contributed by atoms with Gasteiger partial charge in [-0.05, 0) is 85.0 Å². The number of para-hydroxylation sites is 1. The fourth-order valence-electron chi connectivity index (χ4n) is 4.86. The summed E-state index contributed by atoms with van der Waals surface area (Å²) >= 11 is 12.0. The minimum Gasteiger partial charge on any atom is -0.484 e. The molecule has 10 heteroatoms. The summed E-state index contributed by atoms with van der Waals surface area (Å²) in [5.74, 6) is 1.13. The number of hydrogen-bond acceptors (Lipinski definition) is 5. The number of pyridine rings is 2. The topological polar surface area (TPSA) is 84.3 Å². The van der Waals surface area contributed by atoms with E-state index in [1.54, 1.807) is 12.4 Å². The zero-order valence-electron chi connectivity index (χ0n) is 21.7. The van der Waals surface area contributed by atoms with Gasteiger partial charge in [-0.2, -0.15) is 0 Å². The van der Waals surface area contributed by atoms with Gasteiger partial charge in [-0.15, -0.1) is 0 Å². The zero-order valence-corrected chi connectivity index (χ0v) is 23.3. The van der Waals surface area contributed by atoms with E-state index in [0.717, 1.165) is 22.9 Å². The van der Waals surface area contributed by atoms with E-state index >= 15 is 0 Å². The van der Waals surface area contributed by atoms with Crippen LogP contribution in [0.2, 0.25) is 5.02 Å². The van der Waals surface area contributed by atoms with Gasteiger partial charge in [-0.1, -0.05) is 35.9 Å². The van der Waals surface area contributed by atoms with E-state index in [9.17, 15) is 4.79 Å². The third-order valence-electron chi connectivity index (χ3n) is 6.68. The number of carbonyl (C=O) groups excluding carboxylic acids is 1. The number of rotatable bonds is 8. The van der Waals surface area contributed by atoms with E-state index in [-0.39, 0.29) is 24.6 Å². The Kier molecular flexibility index (Phi) is 7.62. The molecule has 1 amide bonds. The van der Waals surface area contributed by atoms with Gasteiger partial charge < -0.3 is 24.8 Å². The number of aromatic nitrogens is 3. The molecule has 0 bridgehead atoms. The molecule has 204 valence electrons. The van der Waals surface area contributed by atoms with Crippen LogP contribution >= 0.6 is 23.8 Å². The molecule has 3 aromatic heterocycles. The molecule has 2 atom stereocenters. The Morgan fingerprint density at radius 2 is 1.76 bits per heavy atom. The number of halogens is 1. The van der Waals surface area contributed by atoms with Gasteiger partial charge >= 0.3 is 0 Å². The van der Waals surface area contributed by atoms with Crippen LogP contribution in [0.4, 0.5) is 11.4 Å². The van der Waals surface area contributed by atoms with Gasteiger partial charge in [0.05, 0.1) is 16.8 Å². The second-order valence-corrected chi connectivity index (χ2v) is 10.2. The fraction of sp³-hybridized carbons (Fsp3) is 0.0968. The summed E-state index contributed by atoms with van der Waals surface area (Å²) < 4.78 is 7.58. The largest absolute Gasteiger partial charge is 0.484 e. The molecule has 1 aliphatic rings. The maximum Gasteiger partial charge on any atom is 0.262 e. The highest BCUT2D eigenvalue weighted by Gasteiger charge is 2.42. The summed E-state index contributed by atoms with van der Waals surface area (Å²) in [6.07, 6.45) is 5.37. The summed E-state index contributed by atoms with van der Waals surface area (Å²) in [6, 6.07) is 29.9. The highest BCUT2D eigenvalue weighted by atomic mass is 35.5. The molecule has 6 rings (SSSR count). The van der Waals surface area contributed by atoms with Crippen LogP contribution in [0.5, 0.6) is 5.75 Å². The summed E-state index contributed by atoms with van der Waals surface area (Å²) in [7, 11) is 0. The Morgan fingerprint density at radius 1 is 0.951 bits per heavy atom. The normalized spacial score (nSPS) is 16.3. The molecule has 8 nitrogen and oxygen atoms in total. The summed E-state index contributed by atoms with van der Waals surface area (Å²) in [5.41, 5.74) is 3.35. The molecule has 0 aliphatic carbocycles. The lowest BCUT2D eigenvalue weighted by atomic mass is 10.0. The van der Waals surface area contributed by atoms with Crippen molar-refractivity contribution in [1.82, 2.24) is 19.9 Å². The zero-order chi connectivity index (χ0) is 28.2. The highest BCUT2D eigenvalue weighted by molar-refractivity contribution is 7.80. The van der Waals surface area contributed by atoms with E-state index in [2.05, 4.69) is 31.6 Å². The molecule has 0 spiro atoms. The van der Waals surface area contributed by atoms with Crippen LogP contribution in [0.1, 0.15) is 23.5 Å². The number of benzene rings is 2. The van der Waals surface area contributed by atoms with Gasteiger partial charge in [-0.25, -0.2) is 4.98 Å². The number of thiocarbonyl (C=S) groups is 1. The maximum absolute atomic E-state index is 12.5. The van der Waals surface area contributed by atoms with Crippen molar-refractivity contribution in [2.75, 3.05) is 16.8 Å². The van der Waals surface area contributed by atoms with Crippen molar-refractivity contribution >= 4 is 46.2 Å². The van der Waals surface area contributed by atoms with Crippen LogP contribution in [-0.4, -0.2) is 32.2 Å². The van der Waals surface area contributed by atoms with Crippen LogP contribution in [0.15, 0.2) is 116 Å². The molecular formula is C31H25ClN6O2S. The van der Waals surface area contributed by atoms with E-state index in [1.807, 2.05) is 102 Å². The van der Waals surface area contributed by atoms with Crippen molar-refractivity contribution in [1.29, 1.82) is 0 Å². The molecule has 1 fully saturated rings. The molecular weight excluding hydrogens is 556 g/mol. The molecule has 5 aromatic rings. The lowest BCUT2D eigenvalue weighted by Crippen LogP contribution is -2.30. The van der Waals surface area contributed by atoms with Crippen LogP contribution in [0.25, 0.3) is 5.82 Å². The number of hydrogen-bond donors (Lipinski definition) is 2. The molecule has 1 aliphatic heterocycles. The standard InChI is InChI=1S/C31H25ClN6O2S/c32-21-11-16-27(34-19-21)37-18-6-10-26(37)30-29(25-9-4-5-17-33-25)36-31(41)38(30)23-14-12-22(13-15-23)35-28(39)20-40-24-7-2-1-3-8-24/h1-19,29-30H,20H2,(H,35,39)(H,36,41)/t29-,30+/m1/s1. The smallest absolute Gasteiger partial charge is 0.262 e. The average molecular weight is 581 g/mol. The predicted octanol–water partition coefficient (Wildman–Crippen LogP) is 6.12. The minimum absolute atomic E-state index is 0.0878. The van der Waals surface area contributed by atoms with Crippen molar-refractivity contribution in [2.45, 2.75) is 12.1 Å². The molecule has 0 radical (unpaired) electrons. The summed E-state index contributed by atoms with van der Waals surface area (Å²) in [4.78, 5) is 23.7. The number of ether oxygens (including phenoxy) is 1. The third-order valence-corrected chi connectivity index (χ3v) is 7.22. The summed E-state index contributed by atoms with van der Waals surface area (Å²) in [5, 5.41) is 7.50. The molecule has 0 unspecified atom stereocenters. The van der Waals surface area contributed by atoms with Crippen molar-refractivity contribution in [3.8, 4) is 11.6 Å². The second kappa shape index (κ2) is 11.8. The quantitative estimate of drug-likeness (QED) is 0.214. The molecule has 2 aromatic carbocycles. The number of nitrogens with one attached hydrogen (secondary N) is 2. The van der Waals surface area contributed by atoms with Gasteiger partial charge in [0.15, 0.2) is 11.7 Å². The second-order valence-electron chi connectivity index (χ2n) is 9.33. The fourth-order valence-corrected chi connectivity index (χ4v) is 5.31. The van der Waals surface area contributed by atoms with Crippen molar-refractivity contribution < 1.29 is 9.53 Å². The predicted molar refractivity (Wildman–Crippen MR) is 164 cm³/mol. The Morgan fingerprint density at radius 3 is 2.49 bits per heavy atom. The Labute approximate surface area is 247 Å². The first-order chi connectivity index (χ1) is 20.1. The first-order valence-corrected chi connectivity index (χ1v) is 13.7. The van der Waals surface area contributed by atoms with Crippen molar-refractivity contribution in [3.63, 3.8) is 0 Å². The Bertz CT molecular complexity index is 1650. The van der Waals surface area contributed by atoms with Crippen molar-refractivity contribution in [2.24, 2.45) is 0 Å². The van der Waals surface area contributed by atoms with E-state index in [0.29, 0.717) is 21.6 Å². The van der Waals surface area contributed by atoms with Gasteiger partial charge in [0.25, 0.3) is 5.91 Å². The number of amides is 1. The van der Waals surface area contributed by atoms with Gasteiger partial charge in [0.1, 0.15) is 17.6 Å². The molecule has 0 saturated carbocycles. The number of anilines is 2. The molecule has 4 heterocycles. The highest BCUT2D eigenvalue weighted by Crippen LogP contribution is 2.42. The molecule has 2 N–H and O–H groups in total. The van der Waals surface area contributed by atoms with E-state index in [4.69, 9.17) is 28.6 Å².